The van der Waals surface area contributed by atoms with E-state index in [0.717, 1.165) is 35.8 Å². The summed E-state index contributed by atoms with van der Waals surface area (Å²) in [6.07, 6.45) is 2.41. The van der Waals surface area contributed by atoms with E-state index in [-0.39, 0.29) is 12.4 Å². The Morgan fingerprint density at radius 3 is 2.57 bits per heavy atom. The summed E-state index contributed by atoms with van der Waals surface area (Å²) in [5.74, 6) is 1.77. The molecule has 0 amide bonds. The third-order valence-corrected chi connectivity index (χ3v) is 3.94. The number of aromatic nitrogens is 2. The Kier molecular flexibility index (Phi) is 5.20. The molecule has 2 heterocycles. The van der Waals surface area contributed by atoms with Gasteiger partial charge in [-0.1, -0.05) is 12.1 Å². The smallest absolute Gasteiger partial charge is 0.172 e. The fourth-order valence-electron chi connectivity index (χ4n) is 2.74. The molecule has 1 fully saturated rings. The van der Waals surface area contributed by atoms with Crippen LogP contribution in [0.4, 0.5) is 11.6 Å². The van der Waals surface area contributed by atoms with E-state index in [1.54, 1.807) is 0 Å². The number of likely N-dealkylation sites (N-methyl/N-ethyl adjacent to an activating group) is 1. The maximum absolute atomic E-state index is 4.79. The van der Waals surface area contributed by atoms with E-state index in [1.807, 2.05) is 31.3 Å². The molecule has 0 spiro atoms. The van der Waals surface area contributed by atoms with Gasteiger partial charge >= 0.3 is 0 Å². The lowest BCUT2D eigenvalue weighted by Crippen LogP contribution is -2.44. The van der Waals surface area contributed by atoms with Crippen molar-refractivity contribution in [3.63, 3.8) is 0 Å². The van der Waals surface area contributed by atoms with Gasteiger partial charge in [-0.2, -0.15) is 0 Å². The monoisotopic (exact) mass is 307 g/mol. The van der Waals surface area contributed by atoms with Crippen LogP contribution in [-0.2, 0) is 0 Å². The summed E-state index contributed by atoms with van der Waals surface area (Å²) in [6.45, 7) is 2.13. The first-order valence-corrected chi connectivity index (χ1v) is 7.17. The number of hydrogen-bond donors (Lipinski definition) is 2. The van der Waals surface area contributed by atoms with E-state index in [4.69, 9.17) is 4.98 Å². The van der Waals surface area contributed by atoms with E-state index in [2.05, 4.69) is 27.6 Å². The van der Waals surface area contributed by atoms with Crippen LogP contribution in [0.15, 0.2) is 24.3 Å². The number of benzene rings is 1. The van der Waals surface area contributed by atoms with Crippen molar-refractivity contribution in [1.29, 1.82) is 0 Å². The Hall–Kier alpha value is -1.59. The van der Waals surface area contributed by atoms with Gasteiger partial charge in [-0.15, -0.1) is 12.4 Å². The van der Waals surface area contributed by atoms with Gasteiger partial charge < -0.3 is 15.5 Å². The van der Waals surface area contributed by atoms with Crippen LogP contribution in [0.2, 0.25) is 0 Å². The van der Waals surface area contributed by atoms with Gasteiger partial charge in [0.15, 0.2) is 11.6 Å². The number of nitrogens with one attached hydrogen (secondary N) is 2. The zero-order chi connectivity index (χ0) is 13.9. The molecule has 3 rings (SSSR count). The van der Waals surface area contributed by atoms with Crippen molar-refractivity contribution in [3.8, 4) is 0 Å². The molecule has 0 bridgehead atoms. The molecule has 1 atom stereocenters. The van der Waals surface area contributed by atoms with Gasteiger partial charge in [-0.25, -0.2) is 9.97 Å². The molecular weight excluding hydrogens is 286 g/mol. The van der Waals surface area contributed by atoms with E-state index in [1.165, 1.54) is 12.8 Å². The van der Waals surface area contributed by atoms with Crippen molar-refractivity contribution in [1.82, 2.24) is 15.3 Å². The normalized spacial score (nSPS) is 18.1. The SMILES string of the molecule is CNc1nc2ccccc2nc1N(C)[C@H]1CCCNC1.Cl. The van der Waals surface area contributed by atoms with Crippen LogP contribution < -0.4 is 15.5 Å². The van der Waals surface area contributed by atoms with Crippen LogP contribution in [0.25, 0.3) is 11.0 Å². The Labute approximate surface area is 131 Å². The van der Waals surface area contributed by atoms with Crippen LogP contribution in [0.5, 0.6) is 0 Å². The van der Waals surface area contributed by atoms with Crippen molar-refractivity contribution < 1.29 is 0 Å². The number of nitrogens with zero attached hydrogens (tertiary/aromatic N) is 3. The lowest BCUT2D eigenvalue weighted by Gasteiger charge is -2.33. The van der Waals surface area contributed by atoms with Gasteiger partial charge in [0.05, 0.1) is 11.0 Å². The standard InChI is InChI=1S/C15H21N5.ClH/c1-16-14-15(20(2)11-6-5-9-17-10-11)19-13-8-4-3-7-12(13)18-14;/h3-4,7-8,11,17H,5-6,9-10H2,1-2H3,(H,16,18);1H/t11-;/m0./s1. The molecule has 1 aromatic heterocycles. The van der Waals surface area contributed by atoms with E-state index >= 15 is 0 Å². The molecule has 2 aromatic rings. The van der Waals surface area contributed by atoms with Crippen molar-refractivity contribution >= 4 is 35.1 Å². The first kappa shape index (κ1) is 15.8. The second-order valence-corrected chi connectivity index (χ2v) is 5.25. The average Bonchev–Trinajstić information content (AvgIpc) is 2.53. The second kappa shape index (κ2) is 6.91. The van der Waals surface area contributed by atoms with E-state index in [9.17, 15) is 0 Å². The predicted molar refractivity (Wildman–Crippen MR) is 90.6 cm³/mol. The average molecular weight is 308 g/mol. The Morgan fingerprint density at radius 1 is 1.24 bits per heavy atom. The molecule has 1 aliphatic rings. The van der Waals surface area contributed by atoms with Crippen molar-refractivity contribution in [3.05, 3.63) is 24.3 Å². The fraction of sp³-hybridized carbons (Fsp3) is 0.467. The highest BCUT2D eigenvalue weighted by Crippen LogP contribution is 2.26. The Bertz CT molecular complexity index is 598. The van der Waals surface area contributed by atoms with Crippen molar-refractivity contribution in [2.24, 2.45) is 0 Å². The predicted octanol–water partition coefficient (Wildman–Crippen LogP) is 2.28. The first-order chi connectivity index (χ1) is 9.79. The number of rotatable bonds is 3. The molecule has 0 unspecified atom stereocenters. The molecule has 1 aromatic carbocycles. The van der Waals surface area contributed by atoms with Gasteiger partial charge in [0.2, 0.25) is 0 Å². The fourth-order valence-corrected chi connectivity index (χ4v) is 2.74. The van der Waals surface area contributed by atoms with E-state index in [0.29, 0.717) is 6.04 Å². The molecule has 2 N–H and O–H groups in total. The minimum Gasteiger partial charge on any atom is -0.370 e. The third-order valence-electron chi connectivity index (χ3n) is 3.94. The lowest BCUT2D eigenvalue weighted by atomic mass is 10.1. The molecule has 1 saturated heterocycles. The highest BCUT2D eigenvalue weighted by atomic mass is 35.5. The third kappa shape index (κ3) is 3.19. The molecule has 6 heteroatoms. The molecule has 114 valence electrons. The van der Waals surface area contributed by atoms with Gasteiger partial charge in [0, 0.05) is 26.7 Å². The van der Waals surface area contributed by atoms with Gasteiger partial charge in [-0.05, 0) is 31.5 Å². The topological polar surface area (TPSA) is 53.1 Å². The lowest BCUT2D eigenvalue weighted by molar-refractivity contribution is 0.443. The quantitative estimate of drug-likeness (QED) is 0.911. The number of piperidine rings is 1. The zero-order valence-electron chi connectivity index (χ0n) is 12.5. The van der Waals surface area contributed by atoms with Crippen LogP contribution in [-0.4, -0.2) is 43.2 Å². The highest BCUT2D eigenvalue weighted by Gasteiger charge is 2.21. The summed E-state index contributed by atoms with van der Waals surface area (Å²) in [5.41, 5.74) is 1.87. The van der Waals surface area contributed by atoms with Crippen LogP contribution >= 0.6 is 12.4 Å². The largest absolute Gasteiger partial charge is 0.370 e. The maximum Gasteiger partial charge on any atom is 0.172 e. The van der Waals surface area contributed by atoms with Gasteiger partial charge in [0.1, 0.15) is 0 Å². The number of halogens is 1. The number of fused-ring (bicyclic) bond motifs is 1. The maximum atomic E-state index is 4.79. The minimum absolute atomic E-state index is 0. The molecule has 5 nitrogen and oxygen atoms in total. The molecule has 0 aliphatic carbocycles. The van der Waals surface area contributed by atoms with Crippen LogP contribution in [0.3, 0.4) is 0 Å². The summed E-state index contributed by atoms with van der Waals surface area (Å²) in [7, 11) is 4.01. The van der Waals surface area contributed by atoms with Crippen LogP contribution in [0, 0.1) is 0 Å². The second-order valence-electron chi connectivity index (χ2n) is 5.25. The van der Waals surface area contributed by atoms with Crippen molar-refractivity contribution in [2.45, 2.75) is 18.9 Å². The Balaban J connectivity index is 0.00000161. The Morgan fingerprint density at radius 2 is 1.95 bits per heavy atom. The number of hydrogen-bond acceptors (Lipinski definition) is 5. The first-order valence-electron chi connectivity index (χ1n) is 7.17. The number of para-hydroxylation sites is 2. The molecule has 0 saturated carbocycles. The summed E-state index contributed by atoms with van der Waals surface area (Å²) >= 11 is 0. The minimum atomic E-state index is 0. The van der Waals surface area contributed by atoms with Crippen LogP contribution in [0.1, 0.15) is 12.8 Å². The van der Waals surface area contributed by atoms with Gasteiger partial charge in [0.25, 0.3) is 0 Å². The summed E-state index contributed by atoms with van der Waals surface area (Å²) in [4.78, 5) is 11.7. The summed E-state index contributed by atoms with van der Waals surface area (Å²) in [5, 5.41) is 6.62. The highest BCUT2D eigenvalue weighted by molar-refractivity contribution is 5.85. The molecular formula is C15H22ClN5. The number of anilines is 2. The summed E-state index contributed by atoms with van der Waals surface area (Å²) in [6, 6.07) is 8.48. The summed E-state index contributed by atoms with van der Waals surface area (Å²) < 4.78 is 0. The van der Waals surface area contributed by atoms with E-state index < -0.39 is 0 Å². The molecule has 0 radical (unpaired) electrons. The van der Waals surface area contributed by atoms with Crippen molar-refractivity contribution in [2.75, 3.05) is 37.4 Å². The van der Waals surface area contributed by atoms with Gasteiger partial charge in [-0.3, -0.25) is 0 Å². The molecule has 21 heavy (non-hydrogen) atoms. The molecule has 1 aliphatic heterocycles. The zero-order valence-corrected chi connectivity index (χ0v) is 13.3.